The van der Waals surface area contributed by atoms with Crippen LogP contribution in [0, 0.1) is 0 Å². The molecule has 6 heteroatoms. The Balaban J connectivity index is 0.00000208. The minimum atomic E-state index is -0.201. The van der Waals surface area contributed by atoms with Gasteiger partial charge in [-0.3, -0.25) is 9.59 Å². The van der Waals surface area contributed by atoms with Crippen LogP contribution in [-0.4, -0.2) is 43.7 Å². The molecule has 0 unspecified atom stereocenters. The van der Waals surface area contributed by atoms with Gasteiger partial charge in [0.1, 0.15) is 0 Å². The molecule has 0 saturated heterocycles. The lowest BCUT2D eigenvalue weighted by Gasteiger charge is -2.22. The zero-order valence-electron chi connectivity index (χ0n) is 13.4. The number of nitrogens with zero attached hydrogens (tertiary/aromatic N) is 1. The van der Waals surface area contributed by atoms with Gasteiger partial charge in [-0.05, 0) is 26.2 Å². The van der Waals surface area contributed by atoms with E-state index in [1.807, 2.05) is 25.1 Å². The molecule has 2 aromatic rings. The van der Waals surface area contributed by atoms with Crippen LogP contribution in [-0.2, 0) is 0 Å². The number of benzene rings is 2. The number of carbonyl (C=O) groups is 2. The summed E-state index contributed by atoms with van der Waals surface area (Å²) in [6.45, 7) is 1.50. The molecule has 0 aromatic heterocycles. The maximum atomic E-state index is 12.9. The third-order valence-electron chi connectivity index (χ3n) is 3.90. The minimum Gasteiger partial charge on any atom is -0.383 e. The highest BCUT2D eigenvalue weighted by atomic mass is 35.5. The van der Waals surface area contributed by atoms with E-state index < -0.39 is 0 Å². The Morgan fingerprint density at radius 3 is 2.25 bits per heavy atom. The lowest BCUT2D eigenvalue weighted by atomic mass is 9.83. The van der Waals surface area contributed by atoms with E-state index in [1.54, 1.807) is 30.3 Å². The summed E-state index contributed by atoms with van der Waals surface area (Å²) in [7, 11) is 3.96. The van der Waals surface area contributed by atoms with Gasteiger partial charge in [-0.1, -0.05) is 35.9 Å². The number of rotatable bonds is 4. The Morgan fingerprint density at radius 2 is 1.58 bits per heavy atom. The molecule has 0 saturated carbocycles. The molecule has 0 fully saturated rings. The summed E-state index contributed by atoms with van der Waals surface area (Å²) in [4.78, 5) is 27.6. The van der Waals surface area contributed by atoms with Crippen molar-refractivity contribution in [3.05, 3.63) is 63.7 Å². The molecule has 3 rings (SSSR count). The predicted molar refractivity (Wildman–Crippen MR) is 99.1 cm³/mol. The first-order chi connectivity index (χ1) is 11.0. The maximum Gasteiger partial charge on any atom is 0.198 e. The van der Waals surface area contributed by atoms with Crippen molar-refractivity contribution in [1.82, 2.24) is 4.90 Å². The molecule has 2 aromatic carbocycles. The Bertz CT molecular complexity index is 804. The molecule has 0 heterocycles. The number of hydrogen-bond acceptors (Lipinski definition) is 4. The molecule has 1 aliphatic carbocycles. The van der Waals surface area contributed by atoms with Crippen LogP contribution in [0.2, 0.25) is 5.02 Å². The van der Waals surface area contributed by atoms with Crippen LogP contribution in [0.3, 0.4) is 0 Å². The highest BCUT2D eigenvalue weighted by Crippen LogP contribution is 2.35. The van der Waals surface area contributed by atoms with E-state index in [0.29, 0.717) is 39.5 Å². The third-order valence-corrected chi connectivity index (χ3v) is 4.21. The van der Waals surface area contributed by atoms with Gasteiger partial charge in [0.2, 0.25) is 0 Å². The topological polar surface area (TPSA) is 49.4 Å². The molecule has 126 valence electrons. The van der Waals surface area contributed by atoms with Crippen molar-refractivity contribution in [2.45, 2.75) is 0 Å². The van der Waals surface area contributed by atoms with Crippen molar-refractivity contribution in [3.63, 3.8) is 0 Å². The monoisotopic (exact) mass is 364 g/mol. The fraction of sp³-hybridized carbons (Fsp3) is 0.222. The van der Waals surface area contributed by atoms with Gasteiger partial charge in [-0.15, -0.1) is 12.4 Å². The van der Waals surface area contributed by atoms with Gasteiger partial charge >= 0.3 is 0 Å². The Morgan fingerprint density at radius 1 is 0.958 bits per heavy atom. The molecule has 1 aliphatic rings. The molecule has 0 atom stereocenters. The first-order valence-corrected chi connectivity index (χ1v) is 7.78. The van der Waals surface area contributed by atoms with E-state index >= 15 is 0 Å². The zero-order valence-corrected chi connectivity index (χ0v) is 15.0. The van der Waals surface area contributed by atoms with Gasteiger partial charge in [0.05, 0.1) is 16.1 Å². The van der Waals surface area contributed by atoms with Gasteiger partial charge in [-0.2, -0.15) is 0 Å². The number of ketones is 2. The van der Waals surface area contributed by atoms with Crippen LogP contribution in [0.1, 0.15) is 31.8 Å². The van der Waals surface area contributed by atoms with Crippen molar-refractivity contribution < 1.29 is 9.59 Å². The molecule has 4 nitrogen and oxygen atoms in total. The number of anilines is 1. The van der Waals surface area contributed by atoms with Crippen LogP contribution >= 0.6 is 24.0 Å². The molecule has 0 radical (unpaired) electrons. The average molecular weight is 365 g/mol. The minimum absolute atomic E-state index is 0. The fourth-order valence-electron chi connectivity index (χ4n) is 2.76. The predicted octanol–water partition coefficient (Wildman–Crippen LogP) is 3.51. The summed E-state index contributed by atoms with van der Waals surface area (Å²) in [6, 6.07) is 10.3. The van der Waals surface area contributed by atoms with Crippen LogP contribution in [0.5, 0.6) is 0 Å². The summed E-state index contributed by atoms with van der Waals surface area (Å²) in [5, 5.41) is 3.56. The van der Waals surface area contributed by atoms with E-state index in [0.717, 1.165) is 6.54 Å². The van der Waals surface area contributed by atoms with Crippen molar-refractivity contribution in [2.75, 3.05) is 32.5 Å². The number of likely N-dealkylation sites (N-methyl/N-ethyl adjacent to an activating group) is 1. The summed E-state index contributed by atoms with van der Waals surface area (Å²) in [5.41, 5.74) is 2.19. The van der Waals surface area contributed by atoms with Gasteiger partial charge in [0.15, 0.2) is 11.6 Å². The van der Waals surface area contributed by atoms with E-state index in [1.165, 1.54) is 0 Å². The van der Waals surface area contributed by atoms with E-state index in [4.69, 9.17) is 11.6 Å². The smallest absolute Gasteiger partial charge is 0.198 e. The molecule has 24 heavy (non-hydrogen) atoms. The van der Waals surface area contributed by atoms with Crippen molar-refractivity contribution in [3.8, 4) is 0 Å². The van der Waals surface area contributed by atoms with Gasteiger partial charge in [0.25, 0.3) is 0 Å². The van der Waals surface area contributed by atoms with Crippen LogP contribution < -0.4 is 5.32 Å². The van der Waals surface area contributed by atoms with Crippen molar-refractivity contribution in [2.24, 2.45) is 0 Å². The number of fused-ring (bicyclic) bond motifs is 2. The normalized spacial score (nSPS) is 12.5. The zero-order chi connectivity index (χ0) is 16.6. The van der Waals surface area contributed by atoms with Crippen molar-refractivity contribution in [1.29, 1.82) is 0 Å². The number of halogens is 2. The van der Waals surface area contributed by atoms with Gasteiger partial charge in [-0.25, -0.2) is 0 Å². The molecule has 1 N–H and O–H groups in total. The second-order valence-electron chi connectivity index (χ2n) is 5.78. The molecular weight excluding hydrogens is 347 g/mol. The largest absolute Gasteiger partial charge is 0.383 e. The van der Waals surface area contributed by atoms with Crippen LogP contribution in [0.25, 0.3) is 0 Å². The third kappa shape index (κ3) is 3.18. The molecule has 0 aliphatic heterocycles. The summed E-state index contributed by atoms with van der Waals surface area (Å²) >= 11 is 6.17. The fourth-order valence-corrected chi connectivity index (χ4v) is 3.02. The molecular formula is C18H18Cl2N2O2. The van der Waals surface area contributed by atoms with Crippen LogP contribution in [0.4, 0.5) is 5.69 Å². The molecule has 0 amide bonds. The van der Waals surface area contributed by atoms with Crippen LogP contribution in [0.15, 0.2) is 36.4 Å². The van der Waals surface area contributed by atoms with E-state index in [2.05, 4.69) is 5.32 Å². The first-order valence-electron chi connectivity index (χ1n) is 7.40. The van der Waals surface area contributed by atoms with E-state index in [9.17, 15) is 9.59 Å². The first kappa shape index (κ1) is 18.5. The summed E-state index contributed by atoms with van der Waals surface area (Å²) < 4.78 is 0. The Hall–Kier alpha value is -1.88. The van der Waals surface area contributed by atoms with Gasteiger partial charge in [0, 0.05) is 29.9 Å². The second-order valence-corrected chi connectivity index (χ2v) is 6.19. The molecule has 0 bridgehead atoms. The van der Waals surface area contributed by atoms with Crippen molar-refractivity contribution >= 4 is 41.3 Å². The lowest BCUT2D eigenvalue weighted by molar-refractivity contribution is 0.0979. The lowest BCUT2D eigenvalue weighted by Crippen LogP contribution is -2.25. The number of hydrogen-bond donors (Lipinski definition) is 1. The SMILES string of the molecule is CN(C)CCNc1cccc2c1C(=O)c1c(Cl)cccc1C2=O.Cl. The van der Waals surface area contributed by atoms with Gasteiger partial charge < -0.3 is 10.2 Å². The Labute approximate surface area is 152 Å². The van der Waals surface area contributed by atoms with E-state index in [-0.39, 0.29) is 24.0 Å². The maximum absolute atomic E-state index is 12.9. The average Bonchev–Trinajstić information content (AvgIpc) is 2.52. The highest BCUT2D eigenvalue weighted by molar-refractivity contribution is 6.39. The standard InChI is InChI=1S/C18H17ClN2O2.ClH/c1-21(2)10-9-20-14-8-4-6-12-16(14)18(23)15-11(17(12)22)5-3-7-13(15)19;/h3-8,20H,9-10H2,1-2H3;1H. The second kappa shape index (κ2) is 7.34. The number of nitrogens with one attached hydrogen (secondary N) is 1. The quantitative estimate of drug-likeness (QED) is 0.769. The molecule has 0 spiro atoms. The highest BCUT2D eigenvalue weighted by Gasteiger charge is 2.33. The summed E-state index contributed by atoms with van der Waals surface area (Å²) in [5.74, 6) is -0.360. The Kier molecular flexibility index (Phi) is 5.65. The summed E-state index contributed by atoms with van der Waals surface area (Å²) in [6.07, 6.45) is 0. The number of carbonyl (C=O) groups excluding carboxylic acids is 2.